The number of non-ortho nitro benzene ring substituents is 1. The lowest BCUT2D eigenvalue weighted by atomic mass is 10.1. The highest BCUT2D eigenvalue weighted by atomic mass is 16.6. The van der Waals surface area contributed by atoms with E-state index in [-0.39, 0.29) is 5.69 Å². The van der Waals surface area contributed by atoms with Crippen molar-refractivity contribution in [2.45, 2.75) is 0 Å². The number of nitro benzene ring substituents is 1. The molecule has 1 saturated carbocycles. The predicted molar refractivity (Wildman–Crippen MR) is 60.4 cm³/mol. The normalized spacial score (nSPS) is 15.5. The summed E-state index contributed by atoms with van der Waals surface area (Å²) in [5, 5.41) is 10.4. The minimum absolute atomic E-state index is 0.0823. The first-order valence-corrected chi connectivity index (χ1v) is 4.74. The molecule has 1 aromatic carbocycles. The minimum Gasteiger partial charge on any atom is -0.258 e. The van der Waals surface area contributed by atoms with Gasteiger partial charge in [0, 0.05) is 17.7 Å². The van der Waals surface area contributed by atoms with Crippen molar-refractivity contribution in [1.82, 2.24) is 0 Å². The van der Waals surface area contributed by atoms with E-state index in [1.54, 1.807) is 12.1 Å². The fraction of sp³-hybridized carbons (Fsp3) is 0. The lowest BCUT2D eigenvalue weighted by molar-refractivity contribution is -0.384. The van der Waals surface area contributed by atoms with Gasteiger partial charge in [-0.2, -0.15) is 0 Å². The zero-order chi connectivity index (χ0) is 11.4. The highest BCUT2D eigenvalue weighted by Crippen LogP contribution is 2.21. The summed E-state index contributed by atoms with van der Waals surface area (Å²) in [6, 6.07) is 6.20. The predicted octanol–water partition coefficient (Wildman–Crippen LogP) is 2.35. The van der Waals surface area contributed by atoms with E-state index in [1.165, 1.54) is 12.1 Å². The quantitative estimate of drug-likeness (QED) is 0.405. The average Bonchev–Trinajstić information content (AvgIpc) is 2.80. The summed E-state index contributed by atoms with van der Waals surface area (Å²) in [6.45, 7) is 0. The number of hydrogen-bond donors (Lipinski definition) is 0. The Morgan fingerprint density at radius 1 is 1.00 bits per heavy atom. The molecule has 0 spiro atoms. The maximum Gasteiger partial charge on any atom is 0.269 e. The SMILES string of the molecule is O=[N+]([O-])c1ccc(C#C[C]2[CH][CH][CH][CH]2)cc1. The maximum atomic E-state index is 10.4. The number of hydrogen-bond acceptors (Lipinski definition) is 2. The average molecular weight is 210 g/mol. The lowest BCUT2D eigenvalue weighted by Gasteiger charge is -1.94. The summed E-state index contributed by atoms with van der Waals surface area (Å²) in [5.74, 6) is 6.85. The molecular weight excluding hydrogens is 202 g/mol. The van der Waals surface area contributed by atoms with Gasteiger partial charge in [-0.15, -0.1) is 0 Å². The van der Waals surface area contributed by atoms with Crippen LogP contribution in [0, 0.1) is 53.6 Å². The molecule has 1 fully saturated rings. The molecule has 0 N–H and O–H groups in total. The van der Waals surface area contributed by atoms with Crippen molar-refractivity contribution in [2.75, 3.05) is 0 Å². The van der Waals surface area contributed by atoms with E-state index < -0.39 is 4.92 Å². The zero-order valence-electron chi connectivity index (χ0n) is 8.38. The van der Waals surface area contributed by atoms with Crippen LogP contribution in [0.15, 0.2) is 24.3 Å². The van der Waals surface area contributed by atoms with Crippen LogP contribution in [0.5, 0.6) is 0 Å². The number of benzene rings is 1. The molecule has 0 aliphatic heterocycles. The van der Waals surface area contributed by atoms with E-state index in [1.807, 2.05) is 25.7 Å². The molecule has 3 heteroatoms. The van der Waals surface area contributed by atoms with Gasteiger partial charge in [-0.3, -0.25) is 10.1 Å². The number of nitro groups is 1. The van der Waals surface area contributed by atoms with Gasteiger partial charge in [0.25, 0.3) is 5.69 Å². The van der Waals surface area contributed by atoms with Crippen LogP contribution >= 0.6 is 0 Å². The van der Waals surface area contributed by atoms with E-state index >= 15 is 0 Å². The van der Waals surface area contributed by atoms with Crippen LogP contribution in [0.1, 0.15) is 5.56 Å². The van der Waals surface area contributed by atoms with E-state index in [0.29, 0.717) is 0 Å². The first-order chi connectivity index (χ1) is 7.75. The lowest BCUT2D eigenvalue weighted by Crippen LogP contribution is -1.88. The summed E-state index contributed by atoms with van der Waals surface area (Å²) in [7, 11) is 0. The fourth-order valence-corrected chi connectivity index (χ4v) is 1.27. The molecule has 3 nitrogen and oxygen atoms in total. The van der Waals surface area contributed by atoms with Gasteiger partial charge in [0.2, 0.25) is 0 Å². The maximum absolute atomic E-state index is 10.4. The Morgan fingerprint density at radius 2 is 1.62 bits per heavy atom. The molecule has 0 bridgehead atoms. The van der Waals surface area contributed by atoms with Crippen LogP contribution in [-0.4, -0.2) is 4.92 Å². The van der Waals surface area contributed by atoms with Crippen LogP contribution < -0.4 is 0 Å². The Balaban J connectivity index is 2.06. The van der Waals surface area contributed by atoms with E-state index in [9.17, 15) is 10.1 Å². The molecule has 0 atom stereocenters. The molecule has 0 saturated heterocycles. The van der Waals surface area contributed by atoms with Gasteiger partial charge in [-0.25, -0.2) is 0 Å². The van der Waals surface area contributed by atoms with Gasteiger partial charge in [0.1, 0.15) is 0 Å². The molecule has 0 amide bonds. The highest BCUT2D eigenvalue weighted by molar-refractivity contribution is 5.51. The van der Waals surface area contributed by atoms with Gasteiger partial charge >= 0.3 is 0 Å². The topological polar surface area (TPSA) is 43.1 Å². The molecule has 0 aromatic heterocycles. The zero-order valence-corrected chi connectivity index (χ0v) is 8.38. The molecule has 2 rings (SSSR count). The third kappa shape index (κ3) is 2.60. The van der Waals surface area contributed by atoms with Crippen molar-refractivity contribution in [3.05, 3.63) is 71.5 Å². The second-order valence-electron chi connectivity index (χ2n) is 3.23. The highest BCUT2D eigenvalue weighted by Gasteiger charge is 2.13. The van der Waals surface area contributed by atoms with Gasteiger partial charge in [-0.05, 0) is 37.8 Å². The van der Waals surface area contributed by atoms with E-state index in [0.717, 1.165) is 11.5 Å². The molecule has 1 aliphatic rings. The van der Waals surface area contributed by atoms with Crippen molar-refractivity contribution in [1.29, 1.82) is 0 Å². The Labute approximate surface area is 94.6 Å². The van der Waals surface area contributed by atoms with Crippen LogP contribution in [-0.2, 0) is 0 Å². The van der Waals surface area contributed by atoms with Crippen molar-refractivity contribution in [3.8, 4) is 11.8 Å². The molecule has 1 aliphatic carbocycles. The Hall–Kier alpha value is -1.82. The minimum atomic E-state index is -0.422. The first kappa shape index (κ1) is 10.7. The summed E-state index contributed by atoms with van der Waals surface area (Å²) in [4.78, 5) is 10.0. The molecule has 5 radical (unpaired) electrons. The summed E-state index contributed by atoms with van der Waals surface area (Å²) >= 11 is 0. The van der Waals surface area contributed by atoms with Crippen molar-refractivity contribution in [3.63, 3.8) is 0 Å². The largest absolute Gasteiger partial charge is 0.269 e. The summed E-state index contributed by atoms with van der Waals surface area (Å²) in [6.07, 6.45) is 7.66. The van der Waals surface area contributed by atoms with Gasteiger partial charge < -0.3 is 0 Å². The van der Waals surface area contributed by atoms with E-state index in [2.05, 4.69) is 11.8 Å². The molecular formula is C13H8NO2. The number of rotatable bonds is 1. The fourth-order valence-electron chi connectivity index (χ4n) is 1.27. The Kier molecular flexibility index (Phi) is 3.21. The van der Waals surface area contributed by atoms with Gasteiger partial charge in [0.05, 0.1) is 10.8 Å². The summed E-state index contributed by atoms with van der Waals surface area (Å²) < 4.78 is 0. The molecule has 0 heterocycles. The van der Waals surface area contributed by atoms with Gasteiger partial charge in [0.15, 0.2) is 0 Å². The standard InChI is InChI=1S/C13H8NO2/c15-14(16)13-9-7-12(8-10-13)6-5-11-3-1-2-4-11/h1-4,7-10H. The van der Waals surface area contributed by atoms with Crippen molar-refractivity contribution < 1.29 is 4.92 Å². The van der Waals surface area contributed by atoms with Gasteiger partial charge in [-0.1, -0.05) is 11.8 Å². The van der Waals surface area contributed by atoms with E-state index in [4.69, 9.17) is 0 Å². The molecule has 16 heavy (non-hydrogen) atoms. The van der Waals surface area contributed by atoms with Crippen LogP contribution in [0.3, 0.4) is 0 Å². The Bertz CT molecular complexity index is 433. The second-order valence-corrected chi connectivity index (χ2v) is 3.23. The summed E-state index contributed by atoms with van der Waals surface area (Å²) in [5.41, 5.74) is 0.852. The third-order valence-electron chi connectivity index (χ3n) is 2.09. The van der Waals surface area contributed by atoms with Crippen LogP contribution in [0.2, 0.25) is 0 Å². The van der Waals surface area contributed by atoms with Crippen LogP contribution in [0.25, 0.3) is 0 Å². The van der Waals surface area contributed by atoms with Crippen molar-refractivity contribution >= 4 is 5.69 Å². The first-order valence-electron chi connectivity index (χ1n) is 4.74. The van der Waals surface area contributed by atoms with Crippen molar-refractivity contribution in [2.24, 2.45) is 0 Å². The Morgan fingerprint density at radius 3 is 2.19 bits per heavy atom. The molecule has 77 valence electrons. The monoisotopic (exact) mass is 210 g/mol. The number of nitrogens with zero attached hydrogens (tertiary/aromatic N) is 1. The second kappa shape index (κ2) is 4.80. The third-order valence-corrected chi connectivity index (χ3v) is 2.09. The van der Waals surface area contributed by atoms with Crippen LogP contribution in [0.4, 0.5) is 5.69 Å². The molecule has 0 unspecified atom stereocenters. The smallest absolute Gasteiger partial charge is 0.258 e. The molecule has 1 aromatic rings.